The Balaban J connectivity index is 1.85. The highest BCUT2D eigenvalue weighted by Gasteiger charge is 2.05. The number of carbonyl (C=O) groups excluding carboxylic acids is 1. The fraction of sp³-hybridized carbons (Fsp3) is 0.200. The highest BCUT2D eigenvalue weighted by molar-refractivity contribution is 6.31. The summed E-state index contributed by atoms with van der Waals surface area (Å²) in [5, 5.41) is 4.59. The zero-order valence-corrected chi connectivity index (χ0v) is 12.5. The van der Waals surface area contributed by atoms with Gasteiger partial charge in [0.2, 0.25) is 0 Å². The van der Waals surface area contributed by atoms with Gasteiger partial charge in [-0.1, -0.05) is 11.6 Å². The van der Waals surface area contributed by atoms with Crippen LogP contribution in [0.25, 0.3) is 0 Å². The van der Waals surface area contributed by atoms with Crippen molar-refractivity contribution < 1.29 is 13.9 Å². The summed E-state index contributed by atoms with van der Waals surface area (Å²) in [5.41, 5.74) is 3.87. The summed E-state index contributed by atoms with van der Waals surface area (Å²) in [7, 11) is 0. The van der Waals surface area contributed by atoms with Gasteiger partial charge in [-0.15, -0.1) is 0 Å². The van der Waals surface area contributed by atoms with Gasteiger partial charge in [0.25, 0.3) is 5.91 Å². The second-order valence-corrected chi connectivity index (χ2v) is 4.82. The van der Waals surface area contributed by atoms with E-state index in [1.165, 1.54) is 0 Å². The van der Waals surface area contributed by atoms with Gasteiger partial charge >= 0.3 is 0 Å². The molecule has 1 aromatic heterocycles. The van der Waals surface area contributed by atoms with Gasteiger partial charge in [0.05, 0.1) is 6.26 Å². The number of hydrogen-bond acceptors (Lipinski definition) is 4. The number of nitrogens with zero attached hydrogens (tertiary/aromatic N) is 1. The lowest BCUT2D eigenvalue weighted by Gasteiger charge is -2.07. The first-order chi connectivity index (χ1) is 10.1. The Morgan fingerprint density at radius 2 is 2.24 bits per heavy atom. The number of aryl methyl sites for hydroxylation is 1. The number of carbonyl (C=O) groups is 1. The number of benzene rings is 1. The zero-order chi connectivity index (χ0) is 15.2. The molecule has 2 rings (SSSR count). The Bertz CT molecular complexity index is 651. The van der Waals surface area contributed by atoms with Gasteiger partial charge in [-0.05, 0) is 49.7 Å². The molecule has 0 fully saturated rings. The summed E-state index contributed by atoms with van der Waals surface area (Å²) >= 11 is 5.92. The van der Waals surface area contributed by atoms with Gasteiger partial charge in [0.1, 0.15) is 17.2 Å². The summed E-state index contributed by atoms with van der Waals surface area (Å²) < 4.78 is 10.5. The van der Waals surface area contributed by atoms with Crippen molar-refractivity contribution >= 4 is 23.2 Å². The van der Waals surface area contributed by atoms with Crippen molar-refractivity contribution in [3.05, 3.63) is 52.9 Å². The molecule has 0 aliphatic carbocycles. The summed E-state index contributed by atoms with van der Waals surface area (Å²) in [4.78, 5) is 11.6. The standard InChI is InChI=1S/C15H15ClN2O3/c1-10-8-12(5-6-13(10)16)21-9-15(19)18-17-11(2)14-4-3-7-20-14/h3-8H,9H2,1-2H3,(H,18,19)/b17-11-. The van der Waals surface area contributed by atoms with Crippen LogP contribution in [0, 0.1) is 6.92 Å². The number of halogens is 1. The minimum atomic E-state index is -0.353. The molecule has 0 bridgehead atoms. The molecule has 0 aliphatic rings. The van der Waals surface area contributed by atoms with E-state index in [0.717, 1.165) is 5.56 Å². The molecule has 0 spiro atoms. The second-order valence-electron chi connectivity index (χ2n) is 4.41. The van der Waals surface area contributed by atoms with Crippen LogP contribution in [0.15, 0.2) is 46.1 Å². The predicted octanol–water partition coefficient (Wildman–Crippen LogP) is 3.16. The Labute approximate surface area is 127 Å². The van der Waals surface area contributed by atoms with Crippen molar-refractivity contribution in [3.63, 3.8) is 0 Å². The maximum absolute atomic E-state index is 11.6. The van der Waals surface area contributed by atoms with Gasteiger partial charge in [0.15, 0.2) is 6.61 Å². The molecule has 21 heavy (non-hydrogen) atoms. The zero-order valence-electron chi connectivity index (χ0n) is 11.7. The minimum Gasteiger partial charge on any atom is -0.484 e. The van der Waals surface area contributed by atoms with Crippen LogP contribution < -0.4 is 10.2 Å². The smallest absolute Gasteiger partial charge is 0.277 e. The fourth-order valence-electron chi connectivity index (χ4n) is 1.57. The van der Waals surface area contributed by atoms with Crippen molar-refractivity contribution in [2.75, 3.05) is 6.61 Å². The van der Waals surface area contributed by atoms with Gasteiger partial charge in [-0.25, -0.2) is 5.43 Å². The molecule has 0 unspecified atom stereocenters. The lowest BCUT2D eigenvalue weighted by molar-refractivity contribution is -0.123. The monoisotopic (exact) mass is 306 g/mol. The third kappa shape index (κ3) is 4.36. The molecule has 1 amide bonds. The number of hydrogen-bond donors (Lipinski definition) is 1. The molecule has 0 saturated heterocycles. The van der Waals surface area contributed by atoms with Gasteiger partial charge in [-0.3, -0.25) is 4.79 Å². The van der Waals surface area contributed by atoms with E-state index in [9.17, 15) is 4.79 Å². The van der Waals surface area contributed by atoms with E-state index in [0.29, 0.717) is 22.2 Å². The Kier molecular flexibility index (Phi) is 5.00. The number of amides is 1. The van der Waals surface area contributed by atoms with Gasteiger partial charge in [-0.2, -0.15) is 5.10 Å². The van der Waals surface area contributed by atoms with E-state index < -0.39 is 0 Å². The maximum Gasteiger partial charge on any atom is 0.277 e. The average molecular weight is 307 g/mol. The summed E-state index contributed by atoms with van der Waals surface area (Å²) in [6.07, 6.45) is 1.54. The molecule has 0 saturated carbocycles. The Morgan fingerprint density at radius 3 is 2.90 bits per heavy atom. The van der Waals surface area contributed by atoms with Crippen LogP contribution in [-0.2, 0) is 4.79 Å². The SMILES string of the molecule is C/C(=N/NC(=O)COc1ccc(Cl)c(C)c1)c1ccco1. The molecule has 1 N–H and O–H groups in total. The predicted molar refractivity (Wildman–Crippen MR) is 80.7 cm³/mol. The Morgan fingerprint density at radius 1 is 1.43 bits per heavy atom. The highest BCUT2D eigenvalue weighted by Crippen LogP contribution is 2.20. The number of rotatable bonds is 5. The molecular formula is C15H15ClN2O3. The molecule has 0 radical (unpaired) electrons. The van der Waals surface area contributed by atoms with Crippen LogP contribution in [0.1, 0.15) is 18.2 Å². The third-order valence-electron chi connectivity index (χ3n) is 2.73. The quantitative estimate of drug-likeness (QED) is 0.681. The number of furan rings is 1. The number of hydrazone groups is 1. The molecular weight excluding hydrogens is 292 g/mol. The minimum absolute atomic E-state index is 0.129. The van der Waals surface area contributed by atoms with Crippen molar-refractivity contribution in [2.45, 2.75) is 13.8 Å². The fourth-order valence-corrected chi connectivity index (χ4v) is 1.69. The van der Waals surface area contributed by atoms with Crippen molar-refractivity contribution in [1.82, 2.24) is 5.43 Å². The lowest BCUT2D eigenvalue weighted by atomic mass is 10.2. The average Bonchev–Trinajstić information content (AvgIpc) is 3.00. The van der Waals surface area contributed by atoms with Crippen LogP contribution in [0.3, 0.4) is 0 Å². The van der Waals surface area contributed by atoms with Crippen LogP contribution in [0.4, 0.5) is 0 Å². The summed E-state index contributed by atoms with van der Waals surface area (Å²) in [6, 6.07) is 8.72. The van der Waals surface area contributed by atoms with Crippen LogP contribution in [-0.4, -0.2) is 18.2 Å². The summed E-state index contributed by atoms with van der Waals surface area (Å²) in [6.45, 7) is 3.48. The van der Waals surface area contributed by atoms with Crippen LogP contribution >= 0.6 is 11.6 Å². The van der Waals surface area contributed by atoms with E-state index in [-0.39, 0.29) is 12.5 Å². The van der Waals surface area contributed by atoms with E-state index in [1.807, 2.05) is 6.92 Å². The molecule has 1 aromatic carbocycles. The van der Waals surface area contributed by atoms with E-state index in [4.69, 9.17) is 20.8 Å². The molecule has 0 aliphatic heterocycles. The first-order valence-electron chi connectivity index (χ1n) is 6.32. The number of ether oxygens (including phenoxy) is 1. The van der Waals surface area contributed by atoms with Crippen molar-refractivity contribution in [1.29, 1.82) is 0 Å². The van der Waals surface area contributed by atoms with E-state index >= 15 is 0 Å². The molecule has 2 aromatic rings. The highest BCUT2D eigenvalue weighted by atomic mass is 35.5. The lowest BCUT2D eigenvalue weighted by Crippen LogP contribution is -2.25. The van der Waals surface area contributed by atoms with E-state index in [2.05, 4.69) is 10.5 Å². The van der Waals surface area contributed by atoms with Gasteiger partial charge in [0, 0.05) is 5.02 Å². The molecule has 0 atom stereocenters. The third-order valence-corrected chi connectivity index (χ3v) is 3.15. The van der Waals surface area contributed by atoms with Crippen LogP contribution in [0.2, 0.25) is 5.02 Å². The van der Waals surface area contributed by atoms with Gasteiger partial charge < -0.3 is 9.15 Å². The largest absolute Gasteiger partial charge is 0.484 e. The number of nitrogens with one attached hydrogen (secondary N) is 1. The topological polar surface area (TPSA) is 63.8 Å². The second kappa shape index (κ2) is 6.95. The molecule has 110 valence electrons. The maximum atomic E-state index is 11.6. The first kappa shape index (κ1) is 15.1. The van der Waals surface area contributed by atoms with Crippen molar-refractivity contribution in [2.24, 2.45) is 5.10 Å². The van der Waals surface area contributed by atoms with Crippen LogP contribution in [0.5, 0.6) is 5.75 Å². The van der Waals surface area contributed by atoms with Crippen molar-refractivity contribution in [3.8, 4) is 5.75 Å². The molecule has 1 heterocycles. The Hall–Kier alpha value is -2.27. The molecule has 6 heteroatoms. The first-order valence-corrected chi connectivity index (χ1v) is 6.70. The molecule has 5 nitrogen and oxygen atoms in total. The normalized spacial score (nSPS) is 11.3. The summed E-state index contributed by atoms with van der Waals surface area (Å²) in [5.74, 6) is 0.830. The van der Waals surface area contributed by atoms with E-state index in [1.54, 1.807) is 43.5 Å².